The third kappa shape index (κ3) is 4.25. The molecular weight excluding hydrogens is 420 g/mol. The van der Waals surface area contributed by atoms with Crippen molar-refractivity contribution in [3.63, 3.8) is 0 Å². The molecule has 1 aliphatic heterocycles. The first kappa shape index (κ1) is 22.4. The predicted octanol–water partition coefficient (Wildman–Crippen LogP) is 6.02. The van der Waals surface area contributed by atoms with Crippen molar-refractivity contribution in [2.24, 2.45) is 5.92 Å². The van der Waals surface area contributed by atoms with Gasteiger partial charge in [0.25, 0.3) is 5.91 Å². The number of nitrogens with zero attached hydrogens (tertiary/aromatic N) is 1. The normalized spacial score (nSPS) is 19.5. The van der Waals surface area contributed by atoms with Gasteiger partial charge in [0.1, 0.15) is 0 Å². The van der Waals surface area contributed by atoms with Gasteiger partial charge in [-0.3, -0.25) is 9.59 Å². The van der Waals surface area contributed by atoms with Crippen molar-refractivity contribution >= 4 is 17.5 Å². The number of likely N-dealkylation sites (tertiary alicyclic amines) is 1. The average Bonchev–Trinajstić information content (AvgIpc) is 3.32. The highest BCUT2D eigenvalue weighted by Crippen LogP contribution is 2.38. The van der Waals surface area contributed by atoms with Crippen LogP contribution < -0.4 is 5.32 Å². The number of benzene rings is 3. The van der Waals surface area contributed by atoms with Crippen LogP contribution >= 0.6 is 0 Å². The van der Waals surface area contributed by atoms with Crippen molar-refractivity contribution in [2.75, 3.05) is 11.9 Å². The average molecular weight is 453 g/mol. The van der Waals surface area contributed by atoms with Crippen LogP contribution in [0.15, 0.2) is 66.7 Å². The van der Waals surface area contributed by atoms with E-state index in [1.165, 1.54) is 17.5 Å². The lowest BCUT2D eigenvalue weighted by Gasteiger charge is -2.41. The van der Waals surface area contributed by atoms with Crippen LogP contribution in [0.2, 0.25) is 0 Å². The molecule has 1 aliphatic carbocycles. The maximum atomic E-state index is 13.9. The van der Waals surface area contributed by atoms with E-state index in [0.717, 1.165) is 53.6 Å². The molecule has 5 rings (SSSR count). The maximum absolute atomic E-state index is 13.9. The topological polar surface area (TPSA) is 49.4 Å². The molecule has 0 bridgehead atoms. The van der Waals surface area contributed by atoms with Gasteiger partial charge in [-0.25, -0.2) is 0 Å². The molecule has 1 fully saturated rings. The van der Waals surface area contributed by atoms with E-state index < -0.39 is 0 Å². The molecule has 0 saturated carbocycles. The second-order valence-electron chi connectivity index (χ2n) is 9.70. The van der Waals surface area contributed by atoms with Gasteiger partial charge in [0, 0.05) is 17.8 Å². The standard InChI is InChI=1S/C30H32N2O2/c1-20-9-6-10-21(2)27(20)30(34)32-18-8-15-26(28(32)23-11-4-3-5-12-23)29(33)31-25-17-16-22-13-7-14-24(22)19-25/h3-6,9-12,16-17,19,26,28H,7-8,13-15,18H2,1-2H3,(H,31,33)/t26-,28-/m0/s1. The molecule has 0 unspecified atom stereocenters. The number of carbonyl (C=O) groups excluding carboxylic acids is 2. The Morgan fingerprint density at radius 3 is 2.35 bits per heavy atom. The molecular formula is C30H32N2O2. The predicted molar refractivity (Wildman–Crippen MR) is 136 cm³/mol. The lowest BCUT2D eigenvalue weighted by molar-refractivity contribution is -0.123. The van der Waals surface area contributed by atoms with Crippen molar-refractivity contribution in [3.8, 4) is 0 Å². The molecule has 0 aromatic heterocycles. The van der Waals surface area contributed by atoms with Crippen LogP contribution in [0.4, 0.5) is 5.69 Å². The highest BCUT2D eigenvalue weighted by atomic mass is 16.2. The van der Waals surface area contributed by atoms with E-state index in [-0.39, 0.29) is 23.8 Å². The molecule has 0 radical (unpaired) electrons. The Hall–Kier alpha value is -3.40. The van der Waals surface area contributed by atoms with Crippen LogP contribution in [-0.4, -0.2) is 23.3 Å². The van der Waals surface area contributed by atoms with Gasteiger partial charge in [-0.15, -0.1) is 0 Å². The second kappa shape index (κ2) is 9.46. The third-order valence-corrected chi connectivity index (χ3v) is 7.43. The number of fused-ring (bicyclic) bond motifs is 1. The maximum Gasteiger partial charge on any atom is 0.254 e. The number of anilines is 1. The molecule has 174 valence electrons. The molecule has 1 saturated heterocycles. The number of carbonyl (C=O) groups is 2. The molecule has 2 amide bonds. The molecule has 4 heteroatoms. The second-order valence-corrected chi connectivity index (χ2v) is 9.70. The largest absolute Gasteiger partial charge is 0.331 e. The Morgan fingerprint density at radius 2 is 1.59 bits per heavy atom. The summed E-state index contributed by atoms with van der Waals surface area (Å²) in [6.07, 6.45) is 4.95. The van der Waals surface area contributed by atoms with E-state index in [1.54, 1.807) is 0 Å². The van der Waals surface area contributed by atoms with Crippen molar-refractivity contribution < 1.29 is 9.59 Å². The van der Waals surface area contributed by atoms with Gasteiger partial charge in [0.05, 0.1) is 12.0 Å². The Kier molecular flexibility index (Phi) is 6.23. The van der Waals surface area contributed by atoms with Gasteiger partial charge < -0.3 is 10.2 Å². The Balaban J connectivity index is 1.47. The summed E-state index contributed by atoms with van der Waals surface area (Å²) in [5, 5.41) is 3.19. The van der Waals surface area contributed by atoms with Crippen LogP contribution in [-0.2, 0) is 17.6 Å². The van der Waals surface area contributed by atoms with Crippen LogP contribution in [0, 0.1) is 19.8 Å². The molecule has 0 spiro atoms. The Bertz CT molecular complexity index is 1200. The van der Waals surface area contributed by atoms with Crippen LogP contribution in [0.1, 0.15) is 63.5 Å². The number of amides is 2. The van der Waals surface area contributed by atoms with E-state index in [1.807, 2.05) is 73.3 Å². The highest BCUT2D eigenvalue weighted by Gasteiger charge is 2.40. The van der Waals surface area contributed by atoms with E-state index in [2.05, 4.69) is 17.4 Å². The first-order chi connectivity index (χ1) is 16.5. The summed E-state index contributed by atoms with van der Waals surface area (Å²) in [7, 11) is 0. The summed E-state index contributed by atoms with van der Waals surface area (Å²) in [6.45, 7) is 4.62. The van der Waals surface area contributed by atoms with Gasteiger partial charge in [-0.2, -0.15) is 0 Å². The fourth-order valence-corrected chi connectivity index (χ4v) is 5.74. The van der Waals surface area contributed by atoms with Crippen molar-refractivity contribution in [2.45, 2.75) is 52.0 Å². The Labute approximate surface area is 202 Å². The van der Waals surface area contributed by atoms with Crippen molar-refractivity contribution in [3.05, 3.63) is 100 Å². The minimum Gasteiger partial charge on any atom is -0.331 e. The molecule has 2 aliphatic rings. The zero-order valence-electron chi connectivity index (χ0n) is 20.0. The third-order valence-electron chi connectivity index (χ3n) is 7.43. The fourth-order valence-electron chi connectivity index (χ4n) is 5.74. The number of aryl methyl sites for hydroxylation is 4. The smallest absolute Gasteiger partial charge is 0.254 e. The molecule has 3 aromatic carbocycles. The molecule has 1 heterocycles. The van der Waals surface area contributed by atoms with Crippen LogP contribution in [0.25, 0.3) is 0 Å². The number of piperidine rings is 1. The summed E-state index contributed by atoms with van der Waals surface area (Å²) < 4.78 is 0. The SMILES string of the molecule is Cc1cccc(C)c1C(=O)N1CCC[C@H](C(=O)Nc2ccc3c(c2)CCC3)[C@@H]1c1ccccc1. The van der Waals surface area contributed by atoms with Crippen molar-refractivity contribution in [1.82, 2.24) is 4.90 Å². The summed E-state index contributed by atoms with van der Waals surface area (Å²) >= 11 is 0. The number of rotatable bonds is 4. The monoisotopic (exact) mass is 452 g/mol. The van der Waals surface area contributed by atoms with Gasteiger partial charge in [0.2, 0.25) is 5.91 Å². The van der Waals surface area contributed by atoms with Gasteiger partial charge in [-0.05, 0) is 85.9 Å². The van der Waals surface area contributed by atoms with E-state index in [4.69, 9.17) is 0 Å². The van der Waals surface area contributed by atoms with Gasteiger partial charge in [0.15, 0.2) is 0 Å². The molecule has 3 aromatic rings. The molecule has 1 N–H and O–H groups in total. The minimum atomic E-state index is -0.308. The number of nitrogens with one attached hydrogen (secondary N) is 1. The minimum absolute atomic E-state index is 0.00851. The van der Waals surface area contributed by atoms with E-state index in [0.29, 0.717) is 6.54 Å². The fraction of sp³-hybridized carbons (Fsp3) is 0.333. The first-order valence-corrected chi connectivity index (χ1v) is 12.4. The van der Waals surface area contributed by atoms with Crippen molar-refractivity contribution in [1.29, 1.82) is 0 Å². The first-order valence-electron chi connectivity index (χ1n) is 12.4. The molecule has 4 nitrogen and oxygen atoms in total. The quantitative estimate of drug-likeness (QED) is 0.526. The summed E-state index contributed by atoms with van der Waals surface area (Å²) in [5.41, 5.74) is 7.30. The molecule has 34 heavy (non-hydrogen) atoms. The zero-order valence-corrected chi connectivity index (χ0v) is 20.0. The van der Waals surface area contributed by atoms with E-state index >= 15 is 0 Å². The lowest BCUT2D eigenvalue weighted by atomic mass is 9.83. The van der Waals surface area contributed by atoms with Gasteiger partial charge in [-0.1, -0.05) is 54.6 Å². The number of hydrogen-bond donors (Lipinski definition) is 1. The van der Waals surface area contributed by atoms with Crippen LogP contribution in [0.3, 0.4) is 0 Å². The lowest BCUT2D eigenvalue weighted by Crippen LogP contribution is -2.46. The summed E-state index contributed by atoms with van der Waals surface area (Å²) in [6, 6.07) is 22.0. The number of hydrogen-bond acceptors (Lipinski definition) is 2. The zero-order chi connectivity index (χ0) is 23.7. The van der Waals surface area contributed by atoms with E-state index in [9.17, 15) is 9.59 Å². The van der Waals surface area contributed by atoms with Crippen LogP contribution in [0.5, 0.6) is 0 Å². The highest BCUT2D eigenvalue weighted by molar-refractivity contribution is 5.99. The van der Waals surface area contributed by atoms with Gasteiger partial charge >= 0.3 is 0 Å². The Morgan fingerprint density at radius 1 is 0.853 bits per heavy atom. The molecule has 2 atom stereocenters. The summed E-state index contributed by atoms with van der Waals surface area (Å²) in [5.74, 6) is -0.303. The summed E-state index contributed by atoms with van der Waals surface area (Å²) in [4.78, 5) is 29.4.